The molecule has 0 aliphatic rings. The Hall–Kier alpha value is -2.34. The van der Waals surface area contributed by atoms with Gasteiger partial charge in [-0.25, -0.2) is 4.98 Å². The van der Waals surface area contributed by atoms with Crippen LogP contribution >= 0.6 is 12.2 Å². The second-order valence-corrected chi connectivity index (χ2v) is 5.01. The monoisotopic (exact) mass is 316 g/mol. The highest BCUT2D eigenvalue weighted by Gasteiger charge is 1.97. The van der Waals surface area contributed by atoms with Gasteiger partial charge >= 0.3 is 0 Å². The molecule has 0 saturated heterocycles. The molecule has 0 atom stereocenters. The third kappa shape index (κ3) is 5.57. The molecule has 6 heteroatoms. The molecular formula is C16H20N4OS. The smallest absolute Gasteiger partial charge is 0.166 e. The van der Waals surface area contributed by atoms with Crippen molar-refractivity contribution >= 4 is 23.1 Å². The van der Waals surface area contributed by atoms with Crippen molar-refractivity contribution in [3.05, 3.63) is 54.2 Å². The molecule has 116 valence electrons. The second-order valence-electron chi connectivity index (χ2n) is 4.60. The average molecular weight is 316 g/mol. The number of aromatic nitrogens is 1. The van der Waals surface area contributed by atoms with E-state index in [0.29, 0.717) is 11.7 Å². The van der Waals surface area contributed by atoms with Gasteiger partial charge in [0, 0.05) is 25.8 Å². The first-order valence-electron chi connectivity index (χ1n) is 7.07. The van der Waals surface area contributed by atoms with Crippen molar-refractivity contribution in [1.82, 2.24) is 15.6 Å². The molecule has 22 heavy (non-hydrogen) atoms. The number of thiocarbonyl (C=S) groups is 1. The van der Waals surface area contributed by atoms with Gasteiger partial charge in [-0.2, -0.15) is 0 Å². The summed E-state index contributed by atoms with van der Waals surface area (Å²) in [4.78, 5) is 4.19. The van der Waals surface area contributed by atoms with E-state index in [2.05, 4.69) is 20.9 Å². The number of hydrogen-bond acceptors (Lipinski definition) is 4. The molecule has 0 spiro atoms. The normalized spacial score (nSPS) is 9.86. The van der Waals surface area contributed by atoms with E-state index in [0.717, 1.165) is 30.2 Å². The summed E-state index contributed by atoms with van der Waals surface area (Å²) in [5.41, 5.74) is 1.15. The number of hydrogen-bond donors (Lipinski definition) is 3. The molecule has 0 amide bonds. The van der Waals surface area contributed by atoms with Gasteiger partial charge in [0.15, 0.2) is 5.11 Å². The minimum Gasteiger partial charge on any atom is -0.497 e. The fourth-order valence-electron chi connectivity index (χ4n) is 1.82. The van der Waals surface area contributed by atoms with Crippen LogP contribution in [0.4, 0.5) is 5.82 Å². The lowest BCUT2D eigenvalue weighted by Gasteiger charge is -2.11. The number of nitrogens with one attached hydrogen (secondary N) is 3. The Kier molecular flexibility index (Phi) is 6.44. The Labute approximate surface area is 136 Å². The maximum atomic E-state index is 5.24. The molecule has 0 aliphatic carbocycles. The number of methoxy groups -OCH3 is 1. The highest BCUT2D eigenvalue weighted by molar-refractivity contribution is 7.80. The van der Waals surface area contributed by atoms with Crippen LogP contribution in [-0.2, 0) is 6.54 Å². The zero-order valence-electron chi connectivity index (χ0n) is 12.5. The van der Waals surface area contributed by atoms with E-state index in [9.17, 15) is 0 Å². The molecule has 5 nitrogen and oxygen atoms in total. The van der Waals surface area contributed by atoms with Crippen LogP contribution in [0.5, 0.6) is 5.75 Å². The number of ether oxygens (including phenoxy) is 1. The highest BCUT2D eigenvalue weighted by Crippen LogP contribution is 2.10. The van der Waals surface area contributed by atoms with Gasteiger partial charge in [0.2, 0.25) is 0 Å². The maximum Gasteiger partial charge on any atom is 0.166 e. The van der Waals surface area contributed by atoms with E-state index in [4.69, 9.17) is 17.0 Å². The van der Waals surface area contributed by atoms with Crippen molar-refractivity contribution in [3.63, 3.8) is 0 Å². The maximum absolute atomic E-state index is 5.24. The lowest BCUT2D eigenvalue weighted by Crippen LogP contribution is -2.37. The van der Waals surface area contributed by atoms with Gasteiger partial charge in [-0.05, 0) is 42.0 Å². The van der Waals surface area contributed by atoms with E-state index in [1.807, 2.05) is 42.5 Å². The molecule has 3 N–H and O–H groups in total. The Morgan fingerprint density at radius 1 is 1.09 bits per heavy atom. The summed E-state index contributed by atoms with van der Waals surface area (Å²) in [6, 6.07) is 13.7. The topological polar surface area (TPSA) is 58.2 Å². The van der Waals surface area contributed by atoms with Gasteiger partial charge in [-0.15, -0.1) is 0 Å². The Bertz CT molecular complexity index is 574. The first-order valence-corrected chi connectivity index (χ1v) is 7.48. The molecule has 0 fully saturated rings. The third-order valence-corrected chi connectivity index (χ3v) is 3.28. The van der Waals surface area contributed by atoms with E-state index < -0.39 is 0 Å². The van der Waals surface area contributed by atoms with Crippen molar-refractivity contribution in [1.29, 1.82) is 0 Å². The van der Waals surface area contributed by atoms with Crippen LogP contribution in [0, 0.1) is 0 Å². The highest BCUT2D eigenvalue weighted by atomic mass is 32.1. The van der Waals surface area contributed by atoms with Gasteiger partial charge < -0.3 is 20.7 Å². The summed E-state index contributed by atoms with van der Waals surface area (Å²) in [7, 11) is 1.66. The molecule has 1 aromatic heterocycles. The molecular weight excluding hydrogens is 296 g/mol. The third-order valence-electron chi connectivity index (χ3n) is 2.99. The van der Waals surface area contributed by atoms with Crippen LogP contribution in [0.15, 0.2) is 48.7 Å². The van der Waals surface area contributed by atoms with Crippen LogP contribution in [0.3, 0.4) is 0 Å². The summed E-state index contributed by atoms with van der Waals surface area (Å²) in [5, 5.41) is 10.2. The van der Waals surface area contributed by atoms with Crippen LogP contribution in [0.1, 0.15) is 5.56 Å². The summed E-state index contributed by atoms with van der Waals surface area (Å²) >= 11 is 5.24. The quantitative estimate of drug-likeness (QED) is 0.538. The van der Waals surface area contributed by atoms with Crippen LogP contribution in [0.2, 0.25) is 0 Å². The number of benzene rings is 1. The van der Waals surface area contributed by atoms with Crippen molar-refractivity contribution in [3.8, 4) is 5.75 Å². The van der Waals surface area contributed by atoms with Gasteiger partial charge in [0.25, 0.3) is 0 Å². The van der Waals surface area contributed by atoms with Crippen molar-refractivity contribution in [2.24, 2.45) is 0 Å². The largest absolute Gasteiger partial charge is 0.497 e. The first-order chi connectivity index (χ1) is 10.8. The number of nitrogens with zero attached hydrogens (tertiary/aromatic N) is 1. The summed E-state index contributed by atoms with van der Waals surface area (Å²) in [5.74, 6) is 1.71. The van der Waals surface area contributed by atoms with Crippen LogP contribution in [0.25, 0.3) is 0 Å². The summed E-state index contributed by atoms with van der Waals surface area (Å²) < 4.78 is 5.13. The molecule has 0 bridgehead atoms. The average Bonchev–Trinajstić information content (AvgIpc) is 2.58. The molecule has 2 rings (SSSR count). The van der Waals surface area contributed by atoms with Gasteiger partial charge in [-0.3, -0.25) is 0 Å². The Morgan fingerprint density at radius 3 is 2.59 bits per heavy atom. The minimum atomic E-state index is 0.638. The van der Waals surface area contributed by atoms with Crippen LogP contribution < -0.4 is 20.7 Å². The zero-order valence-corrected chi connectivity index (χ0v) is 13.3. The second kappa shape index (κ2) is 8.84. The fourth-order valence-corrected chi connectivity index (χ4v) is 2.00. The Balaban J connectivity index is 1.61. The standard InChI is InChI=1S/C16H20N4OS/c1-21-14-7-5-13(6-8-14)12-20-16(22)19-11-10-18-15-4-2-3-9-17-15/h2-9H,10-12H2,1H3,(H,17,18)(H2,19,20,22). The van der Waals surface area contributed by atoms with E-state index in [1.54, 1.807) is 13.3 Å². The molecule has 0 radical (unpaired) electrons. The van der Waals surface area contributed by atoms with Gasteiger partial charge in [0.1, 0.15) is 11.6 Å². The summed E-state index contributed by atoms with van der Waals surface area (Å²) in [6.07, 6.45) is 1.76. The van der Waals surface area contributed by atoms with Crippen molar-refractivity contribution in [2.75, 3.05) is 25.5 Å². The SMILES string of the molecule is COc1ccc(CNC(=S)NCCNc2ccccn2)cc1. The molecule has 1 aromatic carbocycles. The predicted molar refractivity (Wildman–Crippen MR) is 93.2 cm³/mol. The van der Waals surface area contributed by atoms with Crippen LogP contribution in [-0.4, -0.2) is 30.3 Å². The predicted octanol–water partition coefficient (Wildman–Crippen LogP) is 2.17. The van der Waals surface area contributed by atoms with E-state index >= 15 is 0 Å². The molecule has 1 heterocycles. The fraction of sp³-hybridized carbons (Fsp3) is 0.250. The Morgan fingerprint density at radius 2 is 1.91 bits per heavy atom. The minimum absolute atomic E-state index is 0.638. The molecule has 2 aromatic rings. The van der Waals surface area contributed by atoms with Gasteiger partial charge in [-0.1, -0.05) is 18.2 Å². The molecule has 0 unspecified atom stereocenters. The number of pyridine rings is 1. The van der Waals surface area contributed by atoms with Crippen molar-refractivity contribution in [2.45, 2.75) is 6.54 Å². The first kappa shape index (κ1) is 16.0. The van der Waals surface area contributed by atoms with Crippen molar-refractivity contribution < 1.29 is 4.74 Å². The lowest BCUT2D eigenvalue weighted by atomic mass is 10.2. The van der Waals surface area contributed by atoms with Gasteiger partial charge in [0.05, 0.1) is 7.11 Å². The molecule has 0 saturated carbocycles. The summed E-state index contributed by atoms with van der Waals surface area (Å²) in [6.45, 7) is 2.16. The van der Waals surface area contributed by atoms with E-state index in [1.165, 1.54) is 0 Å². The number of rotatable bonds is 7. The number of anilines is 1. The molecule has 0 aliphatic heterocycles. The zero-order chi connectivity index (χ0) is 15.6. The lowest BCUT2D eigenvalue weighted by molar-refractivity contribution is 0.414. The van der Waals surface area contributed by atoms with E-state index in [-0.39, 0.29) is 0 Å².